The highest BCUT2D eigenvalue weighted by atomic mass is 19.1. The molecule has 7 heteroatoms. The maximum absolute atomic E-state index is 13.4. The van der Waals surface area contributed by atoms with E-state index in [0.29, 0.717) is 12.0 Å². The number of likely N-dealkylation sites (tertiary alicyclic amines) is 1. The van der Waals surface area contributed by atoms with Gasteiger partial charge in [-0.2, -0.15) is 0 Å². The normalized spacial score (nSPS) is 17.6. The number of H-pyrrole nitrogens is 1. The van der Waals surface area contributed by atoms with Crippen molar-refractivity contribution in [3.63, 3.8) is 0 Å². The Hall–Kier alpha value is -4.39. The van der Waals surface area contributed by atoms with Gasteiger partial charge in [0.05, 0.1) is 11.6 Å². The Morgan fingerprint density at radius 1 is 1.00 bits per heavy atom. The maximum Gasteiger partial charge on any atom is 0.295 e. The van der Waals surface area contributed by atoms with E-state index in [0.717, 1.165) is 16.5 Å². The van der Waals surface area contributed by atoms with Crippen LogP contribution in [0.1, 0.15) is 22.7 Å². The monoisotopic (exact) mass is 456 g/mol. The standard InChI is InChI=1S/C27H21FN2O4/c28-19-10-8-16(9-11-19)25(32)23-24(17-4-3-5-20(31)14-17)30(27(34)26(23)33)13-12-18-15-29-22-7-2-1-6-21(18)22/h1-11,14-15,24,29,31-32H,12-13H2/t24-/m0/s1. The molecule has 0 unspecified atom stereocenters. The van der Waals surface area contributed by atoms with Crippen LogP contribution in [0.2, 0.25) is 0 Å². The summed E-state index contributed by atoms with van der Waals surface area (Å²) in [5.74, 6) is -2.46. The molecule has 2 heterocycles. The van der Waals surface area contributed by atoms with E-state index < -0.39 is 23.5 Å². The number of nitrogens with one attached hydrogen (secondary N) is 1. The molecule has 1 atom stereocenters. The van der Waals surface area contributed by atoms with Crippen LogP contribution in [0.4, 0.5) is 4.39 Å². The molecule has 5 rings (SSSR count). The molecule has 6 nitrogen and oxygen atoms in total. The number of nitrogens with zero attached hydrogens (tertiary/aromatic N) is 1. The molecule has 1 aliphatic rings. The number of aromatic hydroxyl groups is 1. The molecule has 0 radical (unpaired) electrons. The van der Waals surface area contributed by atoms with E-state index in [1.165, 1.54) is 41.3 Å². The minimum absolute atomic E-state index is 0.0264. The number of halogens is 1. The fourth-order valence-electron chi connectivity index (χ4n) is 4.49. The van der Waals surface area contributed by atoms with Crippen LogP contribution in [0.25, 0.3) is 16.7 Å². The number of Topliss-reactive ketones (excluding diaryl/α,β-unsaturated/α-hetero) is 1. The van der Waals surface area contributed by atoms with Crippen molar-refractivity contribution in [1.82, 2.24) is 9.88 Å². The number of aliphatic hydroxyl groups excluding tert-OH is 1. The van der Waals surface area contributed by atoms with Gasteiger partial charge in [0, 0.05) is 29.2 Å². The first-order valence-corrected chi connectivity index (χ1v) is 10.8. The lowest BCUT2D eigenvalue weighted by atomic mass is 9.95. The topological polar surface area (TPSA) is 93.6 Å². The lowest BCUT2D eigenvalue weighted by molar-refractivity contribution is -0.139. The summed E-state index contributed by atoms with van der Waals surface area (Å²) in [5, 5.41) is 22.1. The summed E-state index contributed by atoms with van der Waals surface area (Å²) in [7, 11) is 0. The third-order valence-corrected chi connectivity index (χ3v) is 6.14. The number of aromatic nitrogens is 1. The number of fused-ring (bicyclic) bond motifs is 1. The van der Waals surface area contributed by atoms with Gasteiger partial charge in [0.2, 0.25) is 0 Å². The van der Waals surface area contributed by atoms with Crippen molar-refractivity contribution in [2.24, 2.45) is 0 Å². The van der Waals surface area contributed by atoms with E-state index in [2.05, 4.69) is 4.98 Å². The third kappa shape index (κ3) is 3.71. The van der Waals surface area contributed by atoms with Gasteiger partial charge in [0.25, 0.3) is 11.7 Å². The smallest absolute Gasteiger partial charge is 0.295 e. The molecule has 0 aliphatic carbocycles. The molecule has 1 amide bonds. The van der Waals surface area contributed by atoms with E-state index in [-0.39, 0.29) is 29.2 Å². The Labute approximate surface area is 194 Å². The minimum Gasteiger partial charge on any atom is -0.508 e. The average molecular weight is 456 g/mol. The minimum atomic E-state index is -0.901. The maximum atomic E-state index is 13.4. The van der Waals surface area contributed by atoms with Crippen LogP contribution >= 0.6 is 0 Å². The summed E-state index contributed by atoms with van der Waals surface area (Å²) >= 11 is 0. The molecule has 0 saturated carbocycles. The quantitative estimate of drug-likeness (QED) is 0.231. The summed E-state index contributed by atoms with van der Waals surface area (Å²) in [4.78, 5) is 30.8. The van der Waals surface area contributed by atoms with Gasteiger partial charge in [-0.1, -0.05) is 30.3 Å². The number of hydrogen-bond acceptors (Lipinski definition) is 4. The highest BCUT2D eigenvalue weighted by Crippen LogP contribution is 2.40. The van der Waals surface area contributed by atoms with Crippen molar-refractivity contribution >= 4 is 28.4 Å². The van der Waals surface area contributed by atoms with Gasteiger partial charge >= 0.3 is 0 Å². The zero-order valence-electron chi connectivity index (χ0n) is 18.0. The summed E-state index contributed by atoms with van der Waals surface area (Å²) in [6.45, 7) is 0.215. The molecule has 34 heavy (non-hydrogen) atoms. The molecule has 0 spiro atoms. The summed E-state index contributed by atoms with van der Waals surface area (Å²) in [6.07, 6.45) is 2.35. The number of rotatable bonds is 5. The SMILES string of the molecule is O=C1C(=O)N(CCc2c[nH]c3ccccc23)[C@@H](c2cccc(O)c2)C1=C(O)c1ccc(F)cc1. The number of phenolic OH excluding ortho intramolecular Hbond substituents is 1. The Kier molecular flexibility index (Phi) is 5.37. The second-order valence-electron chi connectivity index (χ2n) is 8.20. The first-order valence-electron chi connectivity index (χ1n) is 10.8. The van der Waals surface area contributed by atoms with E-state index >= 15 is 0 Å². The molecule has 170 valence electrons. The number of carbonyl (C=O) groups is 2. The molecule has 3 N–H and O–H groups in total. The highest BCUT2D eigenvalue weighted by Gasteiger charge is 2.46. The largest absolute Gasteiger partial charge is 0.508 e. The van der Waals surface area contributed by atoms with Gasteiger partial charge in [-0.25, -0.2) is 4.39 Å². The van der Waals surface area contributed by atoms with Gasteiger partial charge in [-0.05, 0) is 60.0 Å². The first-order chi connectivity index (χ1) is 16.4. The Morgan fingerprint density at radius 2 is 1.76 bits per heavy atom. The lowest BCUT2D eigenvalue weighted by Crippen LogP contribution is -2.31. The number of amides is 1. The Balaban J connectivity index is 1.57. The molecule has 1 aromatic heterocycles. The summed E-state index contributed by atoms with van der Waals surface area (Å²) in [6, 6.07) is 18.2. The second kappa shape index (κ2) is 8.51. The second-order valence-corrected chi connectivity index (χ2v) is 8.20. The number of hydrogen-bond donors (Lipinski definition) is 3. The van der Waals surface area contributed by atoms with Crippen LogP contribution in [-0.4, -0.2) is 38.3 Å². The Morgan fingerprint density at radius 3 is 2.53 bits per heavy atom. The zero-order valence-corrected chi connectivity index (χ0v) is 18.0. The third-order valence-electron chi connectivity index (χ3n) is 6.14. The predicted molar refractivity (Wildman–Crippen MR) is 126 cm³/mol. The lowest BCUT2D eigenvalue weighted by Gasteiger charge is -2.25. The van der Waals surface area contributed by atoms with Gasteiger partial charge < -0.3 is 20.1 Å². The summed E-state index contributed by atoms with van der Waals surface area (Å²) in [5.41, 5.74) is 2.58. The van der Waals surface area contributed by atoms with Crippen molar-refractivity contribution in [1.29, 1.82) is 0 Å². The number of carbonyl (C=O) groups excluding carboxylic acids is 2. The summed E-state index contributed by atoms with van der Waals surface area (Å²) < 4.78 is 13.4. The molecule has 1 aliphatic heterocycles. The average Bonchev–Trinajstić information content (AvgIpc) is 3.36. The van der Waals surface area contributed by atoms with Crippen LogP contribution in [0.3, 0.4) is 0 Å². The van der Waals surface area contributed by atoms with Crippen molar-refractivity contribution < 1.29 is 24.2 Å². The molecular weight excluding hydrogens is 435 g/mol. The number of phenols is 1. The number of aromatic amines is 1. The van der Waals surface area contributed by atoms with Crippen molar-refractivity contribution in [2.45, 2.75) is 12.5 Å². The fraction of sp³-hybridized carbons (Fsp3) is 0.111. The molecule has 1 saturated heterocycles. The van der Waals surface area contributed by atoms with Gasteiger partial charge in [0.15, 0.2) is 0 Å². The number of para-hydroxylation sites is 1. The first kappa shape index (κ1) is 21.5. The van der Waals surface area contributed by atoms with Crippen LogP contribution in [0.5, 0.6) is 5.75 Å². The van der Waals surface area contributed by atoms with Crippen molar-refractivity contribution in [3.05, 3.63) is 107 Å². The Bertz CT molecular complexity index is 1440. The van der Waals surface area contributed by atoms with Gasteiger partial charge in [0.1, 0.15) is 17.3 Å². The molecule has 3 aromatic carbocycles. The molecule has 1 fully saturated rings. The molecule has 0 bridgehead atoms. The zero-order chi connectivity index (χ0) is 23.8. The van der Waals surface area contributed by atoms with E-state index in [1.54, 1.807) is 12.1 Å². The van der Waals surface area contributed by atoms with Crippen molar-refractivity contribution in [2.75, 3.05) is 6.54 Å². The van der Waals surface area contributed by atoms with Crippen LogP contribution in [0, 0.1) is 5.82 Å². The number of benzene rings is 3. The van der Waals surface area contributed by atoms with Crippen LogP contribution in [-0.2, 0) is 16.0 Å². The highest BCUT2D eigenvalue weighted by molar-refractivity contribution is 6.46. The number of aliphatic hydroxyl groups is 1. The molecular formula is C27H21FN2O4. The van der Waals surface area contributed by atoms with Crippen molar-refractivity contribution in [3.8, 4) is 5.75 Å². The van der Waals surface area contributed by atoms with Gasteiger partial charge in [-0.15, -0.1) is 0 Å². The predicted octanol–water partition coefficient (Wildman–Crippen LogP) is 4.68. The van der Waals surface area contributed by atoms with Gasteiger partial charge in [-0.3, -0.25) is 9.59 Å². The van der Waals surface area contributed by atoms with E-state index in [1.807, 2.05) is 30.5 Å². The molecule has 4 aromatic rings. The van der Waals surface area contributed by atoms with Crippen LogP contribution in [0.15, 0.2) is 84.6 Å². The van der Waals surface area contributed by atoms with Crippen LogP contribution < -0.4 is 0 Å². The number of ketones is 1. The van der Waals surface area contributed by atoms with E-state index in [9.17, 15) is 24.2 Å². The van der Waals surface area contributed by atoms with E-state index in [4.69, 9.17) is 0 Å². The fourth-order valence-corrected chi connectivity index (χ4v) is 4.49.